The van der Waals surface area contributed by atoms with Gasteiger partial charge in [0.2, 0.25) is 4.77 Å². The van der Waals surface area contributed by atoms with Gasteiger partial charge < -0.3 is 14.0 Å². The Morgan fingerprint density at radius 1 is 1.33 bits per heavy atom. The smallest absolute Gasteiger partial charge is 0.216 e. The molecule has 1 fully saturated rings. The number of hydrogen-bond acceptors (Lipinski definition) is 5. The molecule has 2 aromatic heterocycles. The first-order valence-electron chi connectivity index (χ1n) is 10.2. The summed E-state index contributed by atoms with van der Waals surface area (Å²) in [4.78, 5) is 0. The van der Waals surface area contributed by atoms with Crippen molar-refractivity contribution in [3.8, 4) is 5.75 Å². The molecular weight excluding hydrogens is 398 g/mol. The highest BCUT2D eigenvalue weighted by Crippen LogP contribution is 2.20. The summed E-state index contributed by atoms with van der Waals surface area (Å²) in [5.74, 6) is 1.59. The summed E-state index contributed by atoms with van der Waals surface area (Å²) in [6.07, 6.45) is 5.05. The normalized spacial score (nSPS) is 16.6. The summed E-state index contributed by atoms with van der Waals surface area (Å²) in [6.45, 7) is 6.00. The Balaban J connectivity index is 1.54. The standard InChI is InChI=1S/C22H27N5O2S/c1-15-11-18(16(2)26(15)14-20-5-4-10-29-20)13-23-27-21(24-25-22(27)30)12-17-6-8-19(28-3)9-7-17/h6-9,11,13,20H,4-5,10,12,14H2,1-3H3,(H,25,30)/b23-13-/t20-/m0/s1. The van der Waals surface area contributed by atoms with E-state index in [1.165, 1.54) is 11.4 Å². The lowest BCUT2D eigenvalue weighted by Crippen LogP contribution is -2.16. The topological polar surface area (TPSA) is 69.4 Å². The number of methoxy groups -OCH3 is 1. The molecule has 3 aromatic rings. The Kier molecular flexibility index (Phi) is 6.15. The van der Waals surface area contributed by atoms with E-state index in [4.69, 9.17) is 21.7 Å². The molecule has 0 unspecified atom stereocenters. The summed E-state index contributed by atoms with van der Waals surface area (Å²) in [5, 5.41) is 11.8. The fraction of sp³-hybridized carbons (Fsp3) is 0.409. The molecule has 0 saturated carbocycles. The summed E-state index contributed by atoms with van der Waals surface area (Å²) in [7, 11) is 1.66. The van der Waals surface area contributed by atoms with Crippen LogP contribution in [0.3, 0.4) is 0 Å². The fourth-order valence-electron chi connectivity index (χ4n) is 3.84. The van der Waals surface area contributed by atoms with Gasteiger partial charge in [-0.3, -0.25) is 5.10 Å². The van der Waals surface area contributed by atoms with E-state index in [1.807, 2.05) is 30.5 Å². The van der Waals surface area contributed by atoms with Gasteiger partial charge in [-0.25, -0.2) is 0 Å². The van der Waals surface area contributed by atoms with Gasteiger partial charge in [-0.1, -0.05) is 12.1 Å². The van der Waals surface area contributed by atoms with Crippen LogP contribution in [0.2, 0.25) is 0 Å². The summed E-state index contributed by atoms with van der Waals surface area (Å²) in [5.41, 5.74) is 4.57. The summed E-state index contributed by atoms with van der Waals surface area (Å²) < 4.78 is 15.5. The molecule has 1 aliphatic rings. The molecule has 7 nitrogen and oxygen atoms in total. The van der Waals surface area contributed by atoms with Crippen LogP contribution in [0.15, 0.2) is 35.4 Å². The third kappa shape index (κ3) is 4.39. The van der Waals surface area contributed by atoms with Crippen molar-refractivity contribution in [1.29, 1.82) is 0 Å². The predicted molar refractivity (Wildman–Crippen MR) is 119 cm³/mol. The monoisotopic (exact) mass is 425 g/mol. The van der Waals surface area contributed by atoms with Crippen molar-refractivity contribution in [1.82, 2.24) is 19.4 Å². The van der Waals surface area contributed by atoms with Crippen molar-refractivity contribution in [2.75, 3.05) is 13.7 Å². The molecule has 158 valence electrons. The quantitative estimate of drug-likeness (QED) is 0.459. The first-order valence-corrected chi connectivity index (χ1v) is 10.6. The van der Waals surface area contributed by atoms with E-state index in [-0.39, 0.29) is 0 Å². The molecule has 8 heteroatoms. The fourth-order valence-corrected chi connectivity index (χ4v) is 4.03. The number of rotatable bonds is 7. The van der Waals surface area contributed by atoms with Gasteiger partial charge in [0.1, 0.15) is 5.75 Å². The maximum atomic E-state index is 5.80. The molecule has 0 spiro atoms. The van der Waals surface area contributed by atoms with E-state index in [9.17, 15) is 0 Å². The average Bonchev–Trinajstić information content (AvgIpc) is 3.45. The Bertz CT molecular complexity index is 1090. The number of nitrogens with zero attached hydrogens (tertiary/aromatic N) is 4. The van der Waals surface area contributed by atoms with Crippen molar-refractivity contribution in [2.45, 2.75) is 45.8 Å². The summed E-state index contributed by atoms with van der Waals surface area (Å²) in [6, 6.07) is 10.1. The van der Waals surface area contributed by atoms with Gasteiger partial charge in [-0.2, -0.15) is 14.9 Å². The van der Waals surface area contributed by atoms with Gasteiger partial charge in [0, 0.05) is 36.5 Å². The molecule has 1 atom stereocenters. The molecule has 0 radical (unpaired) electrons. The van der Waals surface area contributed by atoms with E-state index in [2.05, 4.69) is 39.8 Å². The van der Waals surface area contributed by atoms with E-state index >= 15 is 0 Å². The van der Waals surface area contributed by atoms with Gasteiger partial charge in [0.25, 0.3) is 0 Å². The van der Waals surface area contributed by atoms with Crippen LogP contribution in [0, 0.1) is 18.6 Å². The number of hydrogen-bond donors (Lipinski definition) is 1. The highest BCUT2D eigenvalue weighted by Gasteiger charge is 2.18. The lowest BCUT2D eigenvalue weighted by molar-refractivity contribution is 0.0962. The zero-order chi connectivity index (χ0) is 21.1. The van der Waals surface area contributed by atoms with Gasteiger partial charge in [-0.05, 0) is 62.7 Å². The van der Waals surface area contributed by atoms with Crippen LogP contribution >= 0.6 is 12.2 Å². The number of aromatic nitrogens is 4. The first kappa shape index (κ1) is 20.6. The minimum absolute atomic E-state index is 0.304. The third-order valence-electron chi connectivity index (χ3n) is 5.57. The van der Waals surface area contributed by atoms with Crippen molar-refractivity contribution >= 4 is 18.4 Å². The molecule has 1 N–H and O–H groups in total. The second-order valence-electron chi connectivity index (χ2n) is 7.60. The molecule has 1 aromatic carbocycles. The van der Waals surface area contributed by atoms with Crippen molar-refractivity contribution in [3.05, 3.63) is 63.4 Å². The number of benzene rings is 1. The number of aromatic amines is 1. The van der Waals surface area contributed by atoms with Crippen molar-refractivity contribution < 1.29 is 9.47 Å². The second kappa shape index (κ2) is 8.97. The molecule has 0 amide bonds. The van der Waals surface area contributed by atoms with E-state index in [1.54, 1.807) is 11.8 Å². The van der Waals surface area contributed by atoms with Crippen LogP contribution in [0.25, 0.3) is 0 Å². The van der Waals surface area contributed by atoms with Gasteiger partial charge >= 0.3 is 0 Å². The third-order valence-corrected chi connectivity index (χ3v) is 5.84. The molecule has 1 saturated heterocycles. The van der Waals surface area contributed by atoms with Crippen LogP contribution in [0.5, 0.6) is 5.75 Å². The van der Waals surface area contributed by atoms with Crippen LogP contribution in [0.1, 0.15) is 41.2 Å². The lowest BCUT2D eigenvalue weighted by Gasteiger charge is -2.14. The minimum atomic E-state index is 0.304. The molecule has 0 aliphatic carbocycles. The van der Waals surface area contributed by atoms with Gasteiger partial charge in [0.15, 0.2) is 5.82 Å². The molecular formula is C22H27N5O2S. The second-order valence-corrected chi connectivity index (χ2v) is 7.99. The SMILES string of the molecule is COc1ccc(Cc2n[nH]c(=S)n2/N=C\c2cc(C)n(C[C@@H]3CCCO3)c2C)cc1. The minimum Gasteiger partial charge on any atom is -0.497 e. The zero-order valence-electron chi connectivity index (χ0n) is 17.6. The van der Waals surface area contributed by atoms with Crippen molar-refractivity contribution in [3.63, 3.8) is 0 Å². The highest BCUT2D eigenvalue weighted by molar-refractivity contribution is 7.71. The largest absolute Gasteiger partial charge is 0.497 e. The molecule has 0 bridgehead atoms. The molecule has 4 rings (SSSR count). The number of nitrogens with one attached hydrogen (secondary N) is 1. The highest BCUT2D eigenvalue weighted by atomic mass is 32.1. The molecule has 3 heterocycles. The van der Waals surface area contributed by atoms with Gasteiger partial charge in [-0.15, -0.1) is 0 Å². The Labute approximate surface area is 181 Å². The number of H-pyrrole nitrogens is 1. The van der Waals surface area contributed by atoms with E-state index in [0.29, 0.717) is 17.3 Å². The maximum Gasteiger partial charge on any atom is 0.216 e. The predicted octanol–water partition coefficient (Wildman–Crippen LogP) is 4.02. The van der Waals surface area contributed by atoms with Crippen LogP contribution in [-0.2, 0) is 17.7 Å². The van der Waals surface area contributed by atoms with E-state index < -0.39 is 0 Å². The maximum absolute atomic E-state index is 5.80. The van der Waals surface area contributed by atoms with Crippen molar-refractivity contribution in [2.24, 2.45) is 5.10 Å². The van der Waals surface area contributed by atoms with E-state index in [0.717, 1.165) is 48.7 Å². The molecule has 30 heavy (non-hydrogen) atoms. The average molecular weight is 426 g/mol. The Hall–Kier alpha value is -2.71. The first-order chi connectivity index (χ1) is 14.5. The zero-order valence-corrected chi connectivity index (χ0v) is 18.4. The number of aryl methyl sites for hydroxylation is 1. The van der Waals surface area contributed by atoms with Crippen LogP contribution in [0.4, 0.5) is 0 Å². The van der Waals surface area contributed by atoms with Crippen LogP contribution in [-0.4, -0.2) is 45.5 Å². The Morgan fingerprint density at radius 2 is 2.13 bits per heavy atom. The van der Waals surface area contributed by atoms with Crippen LogP contribution < -0.4 is 4.74 Å². The lowest BCUT2D eigenvalue weighted by atomic mass is 10.1. The van der Waals surface area contributed by atoms with Gasteiger partial charge in [0.05, 0.1) is 19.4 Å². The number of ether oxygens (including phenoxy) is 2. The Morgan fingerprint density at radius 3 is 2.83 bits per heavy atom. The summed E-state index contributed by atoms with van der Waals surface area (Å²) >= 11 is 5.39. The molecule has 1 aliphatic heterocycles.